The van der Waals surface area contributed by atoms with E-state index in [-0.39, 0.29) is 4.90 Å². The van der Waals surface area contributed by atoms with Gasteiger partial charge in [0, 0.05) is 29.1 Å². The van der Waals surface area contributed by atoms with Gasteiger partial charge in [-0.15, -0.1) is 0 Å². The number of rotatable bonds is 4. The molecule has 0 saturated carbocycles. The van der Waals surface area contributed by atoms with Gasteiger partial charge in [-0.1, -0.05) is 24.3 Å². The fraction of sp³-hybridized carbons (Fsp3) is 0.0526. The maximum absolute atomic E-state index is 11.6. The van der Waals surface area contributed by atoms with E-state index in [4.69, 9.17) is 11.5 Å². The molecule has 0 aliphatic carbocycles. The van der Waals surface area contributed by atoms with E-state index in [9.17, 15) is 13.2 Å². The van der Waals surface area contributed by atoms with Crippen LogP contribution in [0.15, 0.2) is 65.7 Å². The van der Waals surface area contributed by atoms with Gasteiger partial charge in [0.2, 0.25) is 5.91 Å². The molecule has 0 atom stereocenters. The van der Waals surface area contributed by atoms with E-state index in [1.165, 1.54) is 6.26 Å². The molecule has 0 aliphatic rings. The number of anilines is 1. The quantitative estimate of drug-likeness (QED) is 0.735. The largest absolute Gasteiger partial charge is 0.383 e. The number of sulfone groups is 1. The second-order valence-corrected chi connectivity index (χ2v) is 7.91. The van der Waals surface area contributed by atoms with E-state index in [1.54, 1.807) is 54.7 Å². The number of carbonyl (C=O) groups is 1. The number of carbonyl (C=O) groups excluding carboxylic acids is 1. The van der Waals surface area contributed by atoms with Gasteiger partial charge in [-0.2, -0.15) is 0 Å². The Labute approximate surface area is 151 Å². The number of nitrogen functional groups attached to an aromatic ring is 1. The minimum atomic E-state index is -3.24. The summed E-state index contributed by atoms with van der Waals surface area (Å²) >= 11 is 0. The Kier molecular flexibility index (Phi) is 4.48. The second kappa shape index (κ2) is 6.61. The summed E-state index contributed by atoms with van der Waals surface area (Å²) in [7, 11) is -3.24. The van der Waals surface area contributed by atoms with Crippen molar-refractivity contribution in [3.63, 3.8) is 0 Å². The molecule has 3 rings (SSSR count). The summed E-state index contributed by atoms with van der Waals surface area (Å²) in [5, 5.41) is 0. The van der Waals surface area contributed by atoms with Crippen molar-refractivity contribution in [2.75, 3.05) is 12.0 Å². The maximum Gasteiger partial charge on any atom is 0.248 e. The van der Waals surface area contributed by atoms with Gasteiger partial charge in [-0.3, -0.25) is 4.79 Å². The molecular weight excluding hydrogens is 350 g/mol. The van der Waals surface area contributed by atoms with Gasteiger partial charge >= 0.3 is 0 Å². The summed E-state index contributed by atoms with van der Waals surface area (Å²) in [6, 6.07) is 15.2. The highest BCUT2D eigenvalue weighted by molar-refractivity contribution is 7.90. The molecule has 0 bridgehead atoms. The Morgan fingerprint density at radius 1 is 0.923 bits per heavy atom. The topological polar surface area (TPSA) is 116 Å². The van der Waals surface area contributed by atoms with Gasteiger partial charge < -0.3 is 11.5 Å². The lowest BCUT2D eigenvalue weighted by Crippen LogP contribution is -2.10. The lowest BCUT2D eigenvalue weighted by atomic mass is 10.00. The number of hydrogen-bond acceptors (Lipinski definition) is 5. The molecule has 26 heavy (non-hydrogen) atoms. The van der Waals surface area contributed by atoms with Crippen molar-refractivity contribution in [1.82, 2.24) is 4.98 Å². The molecule has 0 spiro atoms. The third-order valence-corrected chi connectivity index (χ3v) is 5.14. The minimum absolute atomic E-state index is 0.256. The van der Waals surface area contributed by atoms with E-state index < -0.39 is 15.7 Å². The molecule has 7 heteroatoms. The molecule has 4 N–H and O–H groups in total. The van der Waals surface area contributed by atoms with Crippen LogP contribution in [-0.2, 0) is 9.84 Å². The average molecular weight is 367 g/mol. The highest BCUT2D eigenvalue weighted by Gasteiger charge is 2.10. The zero-order valence-corrected chi connectivity index (χ0v) is 14.8. The maximum atomic E-state index is 11.6. The van der Waals surface area contributed by atoms with Crippen LogP contribution in [0.25, 0.3) is 22.3 Å². The lowest BCUT2D eigenvalue weighted by Gasteiger charge is -2.09. The summed E-state index contributed by atoms with van der Waals surface area (Å²) < 4.78 is 23.2. The van der Waals surface area contributed by atoms with E-state index >= 15 is 0 Å². The molecule has 1 aromatic heterocycles. The average Bonchev–Trinajstić information content (AvgIpc) is 2.61. The molecule has 0 saturated heterocycles. The first kappa shape index (κ1) is 17.6. The predicted molar refractivity (Wildman–Crippen MR) is 101 cm³/mol. The third kappa shape index (κ3) is 3.57. The van der Waals surface area contributed by atoms with Crippen LogP contribution in [0.3, 0.4) is 0 Å². The molecule has 1 amide bonds. The Morgan fingerprint density at radius 3 is 2.04 bits per heavy atom. The highest BCUT2D eigenvalue weighted by atomic mass is 32.2. The zero-order chi connectivity index (χ0) is 18.9. The summed E-state index contributed by atoms with van der Waals surface area (Å²) in [4.78, 5) is 15.7. The van der Waals surface area contributed by atoms with Gasteiger partial charge in [0.15, 0.2) is 9.84 Å². The number of primary amides is 1. The Bertz CT molecular complexity index is 1070. The number of aromatic nitrogens is 1. The Morgan fingerprint density at radius 2 is 1.50 bits per heavy atom. The van der Waals surface area contributed by atoms with Crippen LogP contribution >= 0.6 is 0 Å². The van der Waals surface area contributed by atoms with E-state index in [1.807, 2.05) is 6.07 Å². The summed E-state index contributed by atoms with van der Waals surface area (Å²) in [6.07, 6.45) is 2.80. The fourth-order valence-corrected chi connectivity index (χ4v) is 3.20. The van der Waals surface area contributed by atoms with Crippen LogP contribution in [0, 0.1) is 0 Å². The highest BCUT2D eigenvalue weighted by Crippen LogP contribution is 2.30. The van der Waals surface area contributed by atoms with Crippen LogP contribution in [0.5, 0.6) is 0 Å². The van der Waals surface area contributed by atoms with Gasteiger partial charge in [-0.05, 0) is 41.5 Å². The molecule has 132 valence electrons. The number of pyridine rings is 1. The minimum Gasteiger partial charge on any atom is -0.383 e. The number of benzene rings is 2. The van der Waals surface area contributed by atoms with Crippen molar-refractivity contribution >= 4 is 21.6 Å². The monoisotopic (exact) mass is 367 g/mol. The van der Waals surface area contributed by atoms with Gasteiger partial charge in [0.1, 0.15) is 5.82 Å². The fourth-order valence-electron chi connectivity index (χ4n) is 2.57. The third-order valence-electron chi connectivity index (χ3n) is 4.01. The Balaban J connectivity index is 2.01. The molecule has 0 radical (unpaired) electrons. The lowest BCUT2D eigenvalue weighted by molar-refractivity contribution is 0.100. The van der Waals surface area contributed by atoms with Gasteiger partial charge in [-0.25, -0.2) is 13.4 Å². The van der Waals surface area contributed by atoms with Gasteiger partial charge in [0.05, 0.1) is 4.90 Å². The first-order valence-electron chi connectivity index (χ1n) is 7.72. The number of hydrogen-bond donors (Lipinski definition) is 2. The molecule has 3 aromatic rings. The molecule has 1 heterocycles. The summed E-state index contributed by atoms with van der Waals surface area (Å²) in [5.74, 6) is -0.143. The first-order valence-corrected chi connectivity index (χ1v) is 9.61. The van der Waals surface area contributed by atoms with Crippen molar-refractivity contribution < 1.29 is 13.2 Å². The van der Waals surface area contributed by atoms with Crippen molar-refractivity contribution in [3.8, 4) is 22.3 Å². The predicted octanol–water partition coefficient (Wildman–Crippen LogP) is 2.50. The normalized spacial score (nSPS) is 11.3. The van der Waals surface area contributed by atoms with Crippen LogP contribution in [0.2, 0.25) is 0 Å². The number of amides is 1. The Hall–Kier alpha value is -3.19. The molecule has 0 unspecified atom stereocenters. The van der Waals surface area contributed by atoms with Crippen molar-refractivity contribution in [2.24, 2.45) is 5.73 Å². The summed E-state index contributed by atoms with van der Waals surface area (Å²) in [6.45, 7) is 0. The number of nitrogens with two attached hydrogens (primary N) is 2. The molecular formula is C19H17N3O3S. The van der Waals surface area contributed by atoms with Crippen molar-refractivity contribution in [2.45, 2.75) is 4.90 Å². The molecule has 0 aliphatic heterocycles. The molecule has 2 aromatic carbocycles. The SMILES string of the molecule is CS(=O)(=O)c1ccc(-c2cnc(N)c(-c3ccc(C(N)=O)cc3)c2)cc1. The van der Waals surface area contributed by atoms with E-state index in [2.05, 4.69) is 4.98 Å². The summed E-state index contributed by atoms with van der Waals surface area (Å²) in [5.41, 5.74) is 14.8. The van der Waals surface area contributed by atoms with E-state index in [0.717, 1.165) is 16.7 Å². The van der Waals surface area contributed by atoms with Gasteiger partial charge in [0.25, 0.3) is 0 Å². The van der Waals surface area contributed by atoms with E-state index in [0.29, 0.717) is 16.9 Å². The second-order valence-electron chi connectivity index (χ2n) is 5.89. The molecule has 0 fully saturated rings. The first-order chi connectivity index (χ1) is 12.3. The molecule has 6 nitrogen and oxygen atoms in total. The number of nitrogens with zero attached hydrogens (tertiary/aromatic N) is 1. The smallest absolute Gasteiger partial charge is 0.248 e. The zero-order valence-electron chi connectivity index (χ0n) is 14.0. The van der Waals surface area contributed by atoms with Crippen LogP contribution < -0.4 is 11.5 Å². The van der Waals surface area contributed by atoms with Crippen LogP contribution in [0.1, 0.15) is 10.4 Å². The standard InChI is InChI=1S/C19H17N3O3S/c1-26(24,25)16-8-6-12(7-9-16)15-10-17(18(20)22-11-15)13-2-4-14(5-3-13)19(21)23/h2-11H,1H3,(H2,20,22)(H2,21,23). The van der Waals surface area contributed by atoms with Crippen molar-refractivity contribution in [3.05, 3.63) is 66.4 Å². The van der Waals surface area contributed by atoms with Crippen molar-refractivity contribution in [1.29, 1.82) is 0 Å². The van der Waals surface area contributed by atoms with Crippen LogP contribution in [0.4, 0.5) is 5.82 Å². The van der Waals surface area contributed by atoms with Crippen LogP contribution in [-0.4, -0.2) is 25.6 Å².